The second kappa shape index (κ2) is 4.28. The molecule has 0 bridgehead atoms. The van der Waals surface area contributed by atoms with Crippen molar-refractivity contribution in [2.75, 3.05) is 5.73 Å². The number of rotatable bonds is 3. The zero-order valence-corrected chi connectivity index (χ0v) is 9.64. The fourth-order valence-electron chi connectivity index (χ4n) is 1.58. The van der Waals surface area contributed by atoms with Gasteiger partial charge in [-0.3, -0.25) is 9.89 Å². The summed E-state index contributed by atoms with van der Waals surface area (Å²) in [4.78, 5) is 15.9. The van der Waals surface area contributed by atoms with Gasteiger partial charge in [0.15, 0.2) is 0 Å². The van der Waals surface area contributed by atoms with Crippen molar-refractivity contribution in [2.45, 2.75) is 13.0 Å². The highest BCUT2D eigenvalue weighted by atomic mass is 16.2. The number of hydrogen-bond donors (Lipinski definition) is 3. The molecule has 90 valence electrons. The quantitative estimate of drug-likeness (QED) is 0.706. The zero-order chi connectivity index (χ0) is 12.4. The molecular weight excluding hydrogens is 220 g/mol. The van der Waals surface area contributed by atoms with Gasteiger partial charge in [-0.25, -0.2) is 4.98 Å². The second-order valence-electron chi connectivity index (χ2n) is 3.84. The molecule has 0 saturated heterocycles. The van der Waals surface area contributed by atoms with Crippen LogP contribution in [0.4, 0.5) is 5.69 Å². The number of nitrogens with zero attached hydrogens (tertiary/aromatic N) is 3. The van der Waals surface area contributed by atoms with Crippen LogP contribution >= 0.6 is 0 Å². The minimum atomic E-state index is -0.235. The van der Waals surface area contributed by atoms with Crippen LogP contribution in [0, 0.1) is 0 Å². The number of H-pyrrole nitrogens is 1. The molecule has 2 aromatic rings. The molecule has 0 fully saturated rings. The van der Waals surface area contributed by atoms with E-state index in [2.05, 4.69) is 20.5 Å². The SMILES string of the molecule is CC(NC(=O)c1cc(N)cn1C)c1ncn[nH]1. The van der Waals surface area contributed by atoms with E-state index in [0.29, 0.717) is 17.2 Å². The Morgan fingerprint density at radius 2 is 2.41 bits per heavy atom. The Hall–Kier alpha value is -2.31. The number of aromatic nitrogens is 4. The second-order valence-corrected chi connectivity index (χ2v) is 3.84. The van der Waals surface area contributed by atoms with Crippen LogP contribution in [0.2, 0.25) is 0 Å². The Balaban J connectivity index is 2.09. The van der Waals surface area contributed by atoms with Gasteiger partial charge in [-0.1, -0.05) is 0 Å². The van der Waals surface area contributed by atoms with E-state index in [4.69, 9.17) is 5.73 Å². The fourth-order valence-corrected chi connectivity index (χ4v) is 1.58. The first-order valence-electron chi connectivity index (χ1n) is 5.16. The van der Waals surface area contributed by atoms with Gasteiger partial charge in [0.2, 0.25) is 0 Å². The third-order valence-electron chi connectivity index (χ3n) is 2.45. The molecule has 1 amide bonds. The average molecular weight is 234 g/mol. The number of amides is 1. The van der Waals surface area contributed by atoms with Crippen molar-refractivity contribution in [3.8, 4) is 0 Å². The molecule has 2 aromatic heterocycles. The first-order chi connectivity index (χ1) is 8.08. The highest BCUT2D eigenvalue weighted by Gasteiger charge is 2.15. The smallest absolute Gasteiger partial charge is 0.268 e. The van der Waals surface area contributed by atoms with Gasteiger partial charge in [-0.15, -0.1) is 0 Å². The van der Waals surface area contributed by atoms with Gasteiger partial charge in [-0.2, -0.15) is 5.10 Å². The summed E-state index contributed by atoms with van der Waals surface area (Å²) in [6.07, 6.45) is 3.09. The van der Waals surface area contributed by atoms with Gasteiger partial charge in [0, 0.05) is 13.2 Å². The van der Waals surface area contributed by atoms with Crippen molar-refractivity contribution in [1.29, 1.82) is 0 Å². The van der Waals surface area contributed by atoms with Gasteiger partial charge < -0.3 is 15.6 Å². The lowest BCUT2D eigenvalue weighted by atomic mass is 10.3. The molecule has 0 aliphatic carbocycles. The van der Waals surface area contributed by atoms with Crippen LogP contribution in [0.1, 0.15) is 29.3 Å². The molecule has 2 heterocycles. The fraction of sp³-hybridized carbons (Fsp3) is 0.300. The van der Waals surface area contributed by atoms with E-state index in [1.54, 1.807) is 23.9 Å². The molecule has 7 nitrogen and oxygen atoms in total. The predicted octanol–water partition coefficient (Wildman–Crippen LogP) is 0.216. The zero-order valence-electron chi connectivity index (χ0n) is 9.64. The number of nitrogens with one attached hydrogen (secondary N) is 2. The van der Waals surface area contributed by atoms with Crippen molar-refractivity contribution in [3.05, 3.63) is 30.1 Å². The lowest BCUT2D eigenvalue weighted by molar-refractivity contribution is 0.0930. The van der Waals surface area contributed by atoms with E-state index >= 15 is 0 Å². The largest absolute Gasteiger partial charge is 0.397 e. The molecule has 2 rings (SSSR count). The molecule has 0 aliphatic heterocycles. The number of carbonyl (C=O) groups excluding carboxylic acids is 1. The number of nitrogens with two attached hydrogens (primary N) is 1. The van der Waals surface area contributed by atoms with Crippen LogP contribution < -0.4 is 11.1 Å². The lowest BCUT2D eigenvalue weighted by Gasteiger charge is -2.11. The normalized spacial score (nSPS) is 12.4. The van der Waals surface area contributed by atoms with Crippen molar-refractivity contribution in [3.63, 3.8) is 0 Å². The molecule has 4 N–H and O–H groups in total. The van der Waals surface area contributed by atoms with Crippen LogP contribution in [-0.2, 0) is 7.05 Å². The van der Waals surface area contributed by atoms with Gasteiger partial charge >= 0.3 is 0 Å². The predicted molar refractivity (Wildman–Crippen MR) is 62.1 cm³/mol. The Morgan fingerprint density at radius 3 is 2.94 bits per heavy atom. The lowest BCUT2D eigenvalue weighted by Crippen LogP contribution is -2.28. The number of anilines is 1. The van der Waals surface area contributed by atoms with Gasteiger partial charge in [0.25, 0.3) is 5.91 Å². The summed E-state index contributed by atoms with van der Waals surface area (Å²) in [6, 6.07) is 1.39. The molecule has 0 aliphatic rings. The maximum atomic E-state index is 11.9. The summed E-state index contributed by atoms with van der Waals surface area (Å²) in [5, 5.41) is 9.24. The topological polar surface area (TPSA) is 102 Å². The van der Waals surface area contributed by atoms with Crippen molar-refractivity contribution >= 4 is 11.6 Å². The molecular formula is C10H14N6O. The van der Waals surface area contributed by atoms with E-state index in [9.17, 15) is 4.79 Å². The summed E-state index contributed by atoms with van der Waals surface area (Å²) in [5.74, 6) is 0.411. The minimum absolute atomic E-state index is 0.201. The molecule has 1 unspecified atom stereocenters. The number of aryl methyl sites for hydroxylation is 1. The van der Waals surface area contributed by atoms with E-state index in [1.165, 1.54) is 6.33 Å². The first-order valence-corrected chi connectivity index (χ1v) is 5.16. The molecule has 0 aromatic carbocycles. The van der Waals surface area contributed by atoms with Crippen molar-refractivity contribution in [2.24, 2.45) is 7.05 Å². The highest BCUT2D eigenvalue weighted by Crippen LogP contribution is 2.11. The van der Waals surface area contributed by atoms with E-state index in [-0.39, 0.29) is 11.9 Å². The summed E-state index contributed by atoms with van der Waals surface area (Å²) < 4.78 is 1.68. The average Bonchev–Trinajstić information content (AvgIpc) is 2.87. The summed E-state index contributed by atoms with van der Waals surface area (Å²) in [6.45, 7) is 1.82. The Bertz CT molecular complexity index is 515. The Kier molecular flexibility index (Phi) is 2.82. The summed E-state index contributed by atoms with van der Waals surface area (Å²) in [7, 11) is 1.77. The van der Waals surface area contributed by atoms with Crippen LogP contribution in [0.15, 0.2) is 18.6 Å². The third kappa shape index (κ3) is 2.27. The highest BCUT2D eigenvalue weighted by molar-refractivity contribution is 5.93. The molecule has 0 saturated carbocycles. The van der Waals surface area contributed by atoms with Crippen LogP contribution in [-0.4, -0.2) is 25.7 Å². The van der Waals surface area contributed by atoms with E-state index < -0.39 is 0 Å². The minimum Gasteiger partial charge on any atom is -0.397 e. The molecule has 17 heavy (non-hydrogen) atoms. The van der Waals surface area contributed by atoms with E-state index in [1.807, 2.05) is 6.92 Å². The Labute approximate surface area is 98.0 Å². The molecule has 1 atom stereocenters. The number of carbonyl (C=O) groups is 1. The number of nitrogen functional groups attached to an aromatic ring is 1. The summed E-state index contributed by atoms with van der Waals surface area (Å²) in [5.41, 5.74) is 6.68. The van der Waals surface area contributed by atoms with Crippen molar-refractivity contribution in [1.82, 2.24) is 25.1 Å². The molecule has 0 radical (unpaired) electrons. The van der Waals surface area contributed by atoms with Crippen LogP contribution in [0.3, 0.4) is 0 Å². The van der Waals surface area contributed by atoms with Crippen LogP contribution in [0.5, 0.6) is 0 Å². The third-order valence-corrected chi connectivity index (χ3v) is 2.45. The maximum Gasteiger partial charge on any atom is 0.268 e. The van der Waals surface area contributed by atoms with E-state index in [0.717, 1.165) is 0 Å². The maximum absolute atomic E-state index is 11.9. The van der Waals surface area contributed by atoms with Gasteiger partial charge in [0.05, 0.1) is 11.7 Å². The van der Waals surface area contributed by atoms with Gasteiger partial charge in [0.1, 0.15) is 17.8 Å². The number of hydrogen-bond acceptors (Lipinski definition) is 4. The number of aromatic amines is 1. The van der Waals surface area contributed by atoms with Crippen LogP contribution in [0.25, 0.3) is 0 Å². The Morgan fingerprint density at radius 1 is 1.65 bits per heavy atom. The molecule has 0 spiro atoms. The van der Waals surface area contributed by atoms with Crippen molar-refractivity contribution < 1.29 is 4.79 Å². The summed E-state index contributed by atoms with van der Waals surface area (Å²) >= 11 is 0. The monoisotopic (exact) mass is 234 g/mol. The van der Waals surface area contributed by atoms with Gasteiger partial charge in [-0.05, 0) is 13.0 Å². The standard InChI is InChI=1S/C10H14N6O/c1-6(9-12-5-13-15-9)14-10(17)8-3-7(11)4-16(8)2/h3-6H,11H2,1-2H3,(H,14,17)(H,12,13,15). The molecule has 7 heteroatoms. The first kappa shape index (κ1) is 11.2.